The van der Waals surface area contributed by atoms with Crippen LogP contribution in [0.25, 0.3) is 0 Å². The van der Waals surface area contributed by atoms with E-state index in [4.69, 9.17) is 14.0 Å². The van der Waals surface area contributed by atoms with Gasteiger partial charge in [-0.15, -0.1) is 0 Å². The molecule has 1 aliphatic rings. The maximum absolute atomic E-state index is 13.1. The zero-order chi connectivity index (χ0) is 26.3. The van der Waals surface area contributed by atoms with Crippen LogP contribution in [0.4, 0.5) is 0 Å². The maximum atomic E-state index is 13.1. The molecule has 0 bridgehead atoms. The van der Waals surface area contributed by atoms with E-state index < -0.39 is 41.4 Å². The van der Waals surface area contributed by atoms with E-state index in [9.17, 15) is 19.2 Å². The highest BCUT2D eigenvalue weighted by Crippen LogP contribution is 2.29. The molecular weight excluding hydrogens is 456 g/mol. The van der Waals surface area contributed by atoms with Gasteiger partial charge < -0.3 is 29.9 Å². The second kappa shape index (κ2) is 12.3. The third-order valence-electron chi connectivity index (χ3n) is 5.59. The second-order valence-electron chi connectivity index (χ2n) is 10.1. The summed E-state index contributed by atoms with van der Waals surface area (Å²) in [5.41, 5.74) is -0.833. The fraction of sp³-hybridized carbons (Fsp3) is 0.708. The summed E-state index contributed by atoms with van der Waals surface area (Å²) in [6.45, 7) is 11.3. The van der Waals surface area contributed by atoms with Crippen LogP contribution in [0.1, 0.15) is 63.7 Å². The minimum absolute atomic E-state index is 0.0565. The summed E-state index contributed by atoms with van der Waals surface area (Å²) in [5.74, 6) is -1.17. The Kier molecular flexibility index (Phi) is 9.96. The largest absolute Gasteiger partial charge is 0.382 e. The summed E-state index contributed by atoms with van der Waals surface area (Å²) in [7, 11) is 1.41. The summed E-state index contributed by atoms with van der Waals surface area (Å²) in [5, 5.41) is 11.8. The summed E-state index contributed by atoms with van der Waals surface area (Å²) >= 11 is 0. The summed E-state index contributed by atoms with van der Waals surface area (Å²) in [6, 6.07) is -1.27. The second-order valence-corrected chi connectivity index (χ2v) is 10.1. The first kappa shape index (κ1) is 28.4. The van der Waals surface area contributed by atoms with Crippen molar-refractivity contribution in [1.29, 1.82) is 0 Å². The van der Waals surface area contributed by atoms with Gasteiger partial charge in [-0.2, -0.15) is 0 Å². The van der Waals surface area contributed by atoms with Gasteiger partial charge in [-0.25, -0.2) is 0 Å². The van der Waals surface area contributed by atoms with Gasteiger partial charge in [0.2, 0.25) is 11.8 Å². The lowest BCUT2D eigenvalue weighted by Gasteiger charge is -2.26. The predicted octanol–water partition coefficient (Wildman–Crippen LogP) is 1.15. The monoisotopic (exact) mass is 494 g/mol. The van der Waals surface area contributed by atoms with Crippen LogP contribution in [-0.4, -0.2) is 72.7 Å². The predicted molar refractivity (Wildman–Crippen MR) is 127 cm³/mol. The van der Waals surface area contributed by atoms with E-state index in [0.717, 1.165) is 0 Å². The van der Waals surface area contributed by atoms with E-state index in [2.05, 4.69) is 21.1 Å². The van der Waals surface area contributed by atoms with Gasteiger partial charge in [0, 0.05) is 13.2 Å². The van der Waals surface area contributed by atoms with E-state index in [1.54, 1.807) is 13.8 Å². The first-order valence-corrected chi connectivity index (χ1v) is 11.9. The van der Waals surface area contributed by atoms with Crippen LogP contribution in [0.2, 0.25) is 0 Å². The molecule has 11 heteroatoms. The van der Waals surface area contributed by atoms with Crippen LogP contribution in [0, 0.1) is 18.8 Å². The number of carbonyl (C=O) groups is 4. The van der Waals surface area contributed by atoms with Gasteiger partial charge in [0.15, 0.2) is 11.5 Å². The SMILES string of the molecule is COC[C@H](NC(=O)[C@H](CC(C)C)NC(=O)c1cc(C)on1)C(=O)N[C@@H](CC(C)C)C(=O)[C@@]1(C)CO1. The van der Waals surface area contributed by atoms with Crippen molar-refractivity contribution < 1.29 is 33.2 Å². The van der Waals surface area contributed by atoms with E-state index >= 15 is 0 Å². The zero-order valence-corrected chi connectivity index (χ0v) is 21.6. The maximum Gasteiger partial charge on any atom is 0.274 e. The average Bonchev–Trinajstić information content (AvgIpc) is 3.37. The van der Waals surface area contributed by atoms with Gasteiger partial charge in [0.05, 0.1) is 19.3 Å². The molecule has 1 aliphatic heterocycles. The quantitative estimate of drug-likeness (QED) is 0.326. The van der Waals surface area contributed by atoms with Crippen LogP contribution >= 0.6 is 0 Å². The van der Waals surface area contributed by atoms with E-state index in [1.807, 2.05) is 27.7 Å². The molecule has 2 rings (SSSR count). The Morgan fingerprint density at radius 2 is 1.54 bits per heavy atom. The summed E-state index contributed by atoms with van der Waals surface area (Å²) in [4.78, 5) is 51.6. The topological polar surface area (TPSA) is 152 Å². The number of epoxide rings is 1. The fourth-order valence-electron chi connectivity index (χ4n) is 3.62. The Morgan fingerprint density at radius 1 is 1.00 bits per heavy atom. The van der Waals surface area contributed by atoms with Crippen molar-refractivity contribution >= 4 is 23.5 Å². The summed E-state index contributed by atoms with van der Waals surface area (Å²) < 4.78 is 15.3. The Hall–Kier alpha value is -2.79. The Bertz CT molecular complexity index is 907. The first-order valence-electron chi connectivity index (χ1n) is 11.9. The molecule has 0 aromatic carbocycles. The summed E-state index contributed by atoms with van der Waals surface area (Å²) in [6.07, 6.45) is 0.764. The number of hydrogen-bond acceptors (Lipinski definition) is 8. The van der Waals surface area contributed by atoms with Gasteiger partial charge in [-0.1, -0.05) is 32.9 Å². The highest BCUT2D eigenvalue weighted by Gasteiger charge is 2.50. The van der Waals surface area contributed by atoms with Gasteiger partial charge in [-0.3, -0.25) is 19.2 Å². The number of rotatable bonds is 14. The van der Waals surface area contributed by atoms with Crippen molar-refractivity contribution in [3.63, 3.8) is 0 Å². The molecule has 4 atom stereocenters. The Balaban J connectivity index is 2.12. The standard InChI is InChI=1S/C24H38N4O7/c1-13(2)8-16(20(29)24(6)12-34-24)25-23(32)19(11-33-7)27-21(30)17(9-14(3)4)26-22(31)18-10-15(5)35-28-18/h10,13-14,16-17,19H,8-9,11-12H2,1-7H3,(H,25,32)(H,26,31)(H,27,30)/t16-,17-,19-,24+/m0/s1. The van der Waals surface area contributed by atoms with Crippen LogP contribution in [0.5, 0.6) is 0 Å². The van der Waals surface area contributed by atoms with Gasteiger partial charge in [0.25, 0.3) is 5.91 Å². The van der Waals surface area contributed by atoms with Crippen molar-refractivity contribution in [1.82, 2.24) is 21.1 Å². The molecule has 35 heavy (non-hydrogen) atoms. The van der Waals surface area contributed by atoms with Crippen LogP contribution < -0.4 is 16.0 Å². The molecule has 1 fully saturated rings. The lowest BCUT2D eigenvalue weighted by molar-refractivity contribution is -0.134. The van der Waals surface area contributed by atoms with Crippen molar-refractivity contribution in [3.8, 4) is 0 Å². The van der Waals surface area contributed by atoms with Gasteiger partial charge in [-0.05, 0) is 38.5 Å². The minimum Gasteiger partial charge on any atom is -0.382 e. The number of aryl methyl sites for hydroxylation is 1. The lowest BCUT2D eigenvalue weighted by Crippen LogP contribution is -2.58. The smallest absolute Gasteiger partial charge is 0.274 e. The molecule has 3 N–H and O–H groups in total. The lowest BCUT2D eigenvalue weighted by atomic mass is 9.93. The number of Topliss-reactive ketones (excluding diaryl/α,β-unsaturated/α-hetero) is 1. The molecular formula is C24H38N4O7. The molecule has 3 amide bonds. The van der Waals surface area contributed by atoms with Crippen LogP contribution in [0.3, 0.4) is 0 Å². The third-order valence-corrected chi connectivity index (χ3v) is 5.59. The van der Waals surface area contributed by atoms with Crippen LogP contribution in [-0.2, 0) is 23.9 Å². The zero-order valence-electron chi connectivity index (χ0n) is 21.6. The molecule has 196 valence electrons. The number of hydrogen-bond donors (Lipinski definition) is 3. The van der Waals surface area contributed by atoms with Gasteiger partial charge in [0.1, 0.15) is 23.4 Å². The molecule has 1 aromatic rings. The van der Waals surface area contributed by atoms with E-state index in [1.165, 1.54) is 13.2 Å². The number of aromatic nitrogens is 1. The van der Waals surface area contributed by atoms with Crippen molar-refractivity contribution in [2.24, 2.45) is 11.8 Å². The molecule has 0 aliphatic carbocycles. The van der Waals surface area contributed by atoms with Crippen LogP contribution in [0.15, 0.2) is 10.6 Å². The molecule has 0 radical (unpaired) electrons. The number of ether oxygens (including phenoxy) is 2. The Morgan fingerprint density at radius 3 is 2.03 bits per heavy atom. The molecule has 11 nitrogen and oxygen atoms in total. The van der Waals surface area contributed by atoms with Gasteiger partial charge >= 0.3 is 0 Å². The fourth-order valence-corrected chi connectivity index (χ4v) is 3.62. The number of nitrogens with zero attached hydrogens (tertiary/aromatic N) is 1. The number of ketones is 1. The highest BCUT2D eigenvalue weighted by molar-refractivity contribution is 5.99. The molecule has 1 aromatic heterocycles. The average molecular weight is 495 g/mol. The van der Waals surface area contributed by atoms with Crippen molar-refractivity contribution in [2.75, 3.05) is 20.3 Å². The number of carbonyl (C=O) groups excluding carboxylic acids is 4. The Labute approximate surface area is 206 Å². The normalized spacial score (nSPS) is 19.7. The van der Waals surface area contributed by atoms with E-state index in [-0.39, 0.29) is 29.9 Å². The number of amides is 3. The molecule has 0 unspecified atom stereocenters. The van der Waals surface area contributed by atoms with E-state index in [0.29, 0.717) is 25.2 Å². The molecule has 0 spiro atoms. The third kappa shape index (κ3) is 8.43. The molecule has 2 heterocycles. The van der Waals surface area contributed by atoms with Crippen molar-refractivity contribution in [3.05, 3.63) is 17.5 Å². The first-order chi connectivity index (χ1) is 16.4. The number of methoxy groups -OCH3 is 1. The molecule has 1 saturated heterocycles. The highest BCUT2D eigenvalue weighted by atomic mass is 16.6. The molecule has 0 saturated carbocycles. The van der Waals surface area contributed by atoms with Crippen molar-refractivity contribution in [2.45, 2.75) is 78.1 Å². The number of nitrogens with one attached hydrogen (secondary N) is 3. The minimum atomic E-state index is -1.07.